The summed E-state index contributed by atoms with van der Waals surface area (Å²) in [6.07, 6.45) is -2.91. The van der Waals surface area contributed by atoms with E-state index in [1.807, 2.05) is 0 Å². The predicted molar refractivity (Wildman–Crippen MR) is 32.3 cm³/mol. The van der Waals surface area contributed by atoms with E-state index < -0.39 is 18.4 Å². The molecule has 1 aliphatic heterocycles. The summed E-state index contributed by atoms with van der Waals surface area (Å²) in [5, 5.41) is 17.5. The Morgan fingerprint density at radius 1 is 1.60 bits per heavy atom. The Morgan fingerprint density at radius 2 is 2.30 bits per heavy atom. The van der Waals surface area contributed by atoms with Crippen molar-refractivity contribution < 1.29 is 19.3 Å². The van der Waals surface area contributed by atoms with Crippen molar-refractivity contribution >= 4 is 0 Å². The van der Waals surface area contributed by atoms with Gasteiger partial charge in [-0.1, -0.05) is 0 Å². The summed E-state index contributed by atoms with van der Waals surface area (Å²) in [7, 11) is 0. The molecule has 0 aromatic carbocycles. The fraction of sp³-hybridized carbons (Fsp3) is 1.00. The molecule has 0 radical (unpaired) electrons. The third kappa shape index (κ3) is 1.45. The number of hydrogen-bond acceptors (Lipinski definition) is 3. The van der Waals surface area contributed by atoms with Crippen LogP contribution in [0.5, 0.6) is 0 Å². The molecule has 0 saturated carbocycles. The maximum absolute atomic E-state index is 12.6. The molecule has 60 valence electrons. The lowest BCUT2D eigenvalue weighted by molar-refractivity contribution is -0.127. The highest BCUT2D eigenvalue weighted by molar-refractivity contribution is 4.80. The van der Waals surface area contributed by atoms with Gasteiger partial charge in [0, 0.05) is 6.42 Å². The largest absolute Gasteiger partial charge is 0.394 e. The molecule has 10 heavy (non-hydrogen) atoms. The molecular weight excluding hydrogens is 139 g/mol. The molecule has 1 heterocycles. The minimum Gasteiger partial charge on any atom is -0.394 e. The molecule has 0 spiro atoms. The molecule has 1 saturated heterocycles. The van der Waals surface area contributed by atoms with E-state index in [0.29, 0.717) is 0 Å². The predicted octanol–water partition coefficient (Wildman–Crippen LogP) is -0.533. The van der Waals surface area contributed by atoms with E-state index in [4.69, 9.17) is 14.9 Å². The van der Waals surface area contributed by atoms with Gasteiger partial charge in [0.1, 0.15) is 18.4 Å². The number of rotatable bonds is 1. The molecule has 1 rings (SSSR count). The van der Waals surface area contributed by atoms with Gasteiger partial charge < -0.3 is 14.9 Å². The van der Waals surface area contributed by atoms with Gasteiger partial charge in [0.15, 0.2) is 0 Å². The van der Waals surface area contributed by atoms with E-state index in [1.165, 1.54) is 0 Å². The molecule has 0 aromatic rings. The number of ether oxygens (including phenoxy) is 1. The maximum atomic E-state index is 12.6. The van der Waals surface area contributed by atoms with E-state index in [2.05, 4.69) is 0 Å². The molecule has 3 nitrogen and oxygen atoms in total. The zero-order valence-electron chi connectivity index (χ0n) is 5.53. The highest BCUT2D eigenvalue weighted by atomic mass is 19.1. The van der Waals surface area contributed by atoms with Crippen molar-refractivity contribution in [1.82, 2.24) is 0 Å². The normalized spacial score (nSPS) is 41.7. The number of hydrogen-bond donors (Lipinski definition) is 2. The monoisotopic (exact) mass is 150 g/mol. The van der Waals surface area contributed by atoms with Crippen LogP contribution in [0.1, 0.15) is 6.42 Å². The maximum Gasteiger partial charge on any atom is 0.131 e. The molecule has 0 amide bonds. The Balaban J connectivity index is 2.42. The second kappa shape index (κ2) is 3.27. The van der Waals surface area contributed by atoms with Crippen molar-refractivity contribution in [2.45, 2.75) is 24.8 Å². The lowest BCUT2D eigenvalue weighted by atomic mass is 10.0. The topological polar surface area (TPSA) is 49.7 Å². The SMILES string of the molecule is OC[C@H]1OCC[C@@H](F)[C@@H]1O. The van der Waals surface area contributed by atoms with Crippen molar-refractivity contribution in [2.24, 2.45) is 0 Å². The van der Waals surface area contributed by atoms with Crippen molar-refractivity contribution in [2.75, 3.05) is 13.2 Å². The van der Waals surface area contributed by atoms with Gasteiger partial charge in [-0.25, -0.2) is 4.39 Å². The lowest BCUT2D eigenvalue weighted by Gasteiger charge is -2.29. The van der Waals surface area contributed by atoms with Gasteiger partial charge in [0.05, 0.1) is 13.2 Å². The Bertz CT molecular complexity index is 109. The van der Waals surface area contributed by atoms with E-state index in [0.717, 1.165) is 0 Å². The van der Waals surface area contributed by atoms with Crippen LogP contribution >= 0.6 is 0 Å². The summed E-state index contributed by atoms with van der Waals surface area (Å²) in [5.41, 5.74) is 0. The first-order chi connectivity index (χ1) is 4.75. The summed E-state index contributed by atoms with van der Waals surface area (Å²) < 4.78 is 17.4. The van der Waals surface area contributed by atoms with E-state index >= 15 is 0 Å². The first kappa shape index (κ1) is 7.91. The Kier molecular flexibility index (Phi) is 2.59. The second-order valence-corrected chi connectivity index (χ2v) is 2.39. The van der Waals surface area contributed by atoms with Crippen LogP contribution in [-0.2, 0) is 4.74 Å². The lowest BCUT2D eigenvalue weighted by Crippen LogP contribution is -2.44. The minimum absolute atomic E-state index is 0.220. The molecule has 0 bridgehead atoms. The molecular formula is C6H11FO3. The molecule has 1 fully saturated rings. The third-order valence-corrected chi connectivity index (χ3v) is 1.66. The minimum atomic E-state index is -1.24. The van der Waals surface area contributed by atoms with Gasteiger partial charge in [-0.3, -0.25) is 0 Å². The van der Waals surface area contributed by atoms with Gasteiger partial charge in [-0.05, 0) is 0 Å². The Hall–Kier alpha value is -0.190. The average Bonchev–Trinajstić information content (AvgIpc) is 1.95. The quantitative estimate of drug-likeness (QED) is 0.528. The van der Waals surface area contributed by atoms with Crippen LogP contribution < -0.4 is 0 Å². The molecule has 3 atom stereocenters. The first-order valence-electron chi connectivity index (χ1n) is 3.30. The van der Waals surface area contributed by atoms with Gasteiger partial charge in [0.2, 0.25) is 0 Å². The number of aliphatic hydroxyl groups is 2. The Morgan fingerprint density at radius 3 is 2.80 bits per heavy atom. The van der Waals surface area contributed by atoms with Crippen LogP contribution in [0.3, 0.4) is 0 Å². The summed E-state index contributed by atoms with van der Waals surface area (Å²) >= 11 is 0. The number of aliphatic hydroxyl groups excluding tert-OH is 2. The summed E-state index contributed by atoms with van der Waals surface area (Å²) in [5.74, 6) is 0. The smallest absolute Gasteiger partial charge is 0.131 e. The fourth-order valence-electron chi connectivity index (χ4n) is 0.995. The highest BCUT2D eigenvalue weighted by Gasteiger charge is 2.31. The molecule has 0 aliphatic carbocycles. The van der Waals surface area contributed by atoms with E-state index in [9.17, 15) is 4.39 Å². The number of alkyl halides is 1. The zero-order valence-corrected chi connectivity index (χ0v) is 5.53. The van der Waals surface area contributed by atoms with Crippen LogP contribution in [0.2, 0.25) is 0 Å². The second-order valence-electron chi connectivity index (χ2n) is 2.39. The standard InChI is InChI=1S/C6H11FO3/c7-4-1-2-10-5(3-8)6(4)9/h4-6,8-9H,1-3H2/t4-,5-,6+/m1/s1. The van der Waals surface area contributed by atoms with Crippen LogP contribution in [0.15, 0.2) is 0 Å². The van der Waals surface area contributed by atoms with Gasteiger partial charge in [0.25, 0.3) is 0 Å². The molecule has 1 aliphatic rings. The number of halogens is 1. The van der Waals surface area contributed by atoms with Gasteiger partial charge in [-0.15, -0.1) is 0 Å². The van der Waals surface area contributed by atoms with Crippen LogP contribution in [0.4, 0.5) is 4.39 Å². The highest BCUT2D eigenvalue weighted by Crippen LogP contribution is 2.16. The Labute approximate surface area is 58.4 Å². The van der Waals surface area contributed by atoms with E-state index in [1.54, 1.807) is 0 Å². The average molecular weight is 150 g/mol. The summed E-state index contributed by atoms with van der Waals surface area (Å²) in [6.45, 7) is -0.0367. The summed E-state index contributed by atoms with van der Waals surface area (Å²) in [6, 6.07) is 0. The van der Waals surface area contributed by atoms with Gasteiger partial charge >= 0.3 is 0 Å². The van der Waals surface area contributed by atoms with Crippen LogP contribution in [0, 0.1) is 0 Å². The third-order valence-electron chi connectivity index (χ3n) is 1.66. The molecule has 4 heteroatoms. The van der Waals surface area contributed by atoms with Crippen molar-refractivity contribution in [1.29, 1.82) is 0 Å². The van der Waals surface area contributed by atoms with Crippen molar-refractivity contribution in [3.8, 4) is 0 Å². The van der Waals surface area contributed by atoms with E-state index in [-0.39, 0.29) is 19.6 Å². The van der Waals surface area contributed by atoms with Gasteiger partial charge in [-0.2, -0.15) is 0 Å². The molecule has 0 unspecified atom stereocenters. The first-order valence-corrected chi connectivity index (χ1v) is 3.30. The van der Waals surface area contributed by atoms with Crippen molar-refractivity contribution in [3.05, 3.63) is 0 Å². The molecule has 0 aromatic heterocycles. The van der Waals surface area contributed by atoms with Crippen LogP contribution in [0.25, 0.3) is 0 Å². The zero-order chi connectivity index (χ0) is 7.56. The summed E-state index contributed by atoms with van der Waals surface area (Å²) in [4.78, 5) is 0. The molecule has 2 N–H and O–H groups in total. The van der Waals surface area contributed by atoms with Crippen molar-refractivity contribution in [3.63, 3.8) is 0 Å². The van der Waals surface area contributed by atoms with Crippen LogP contribution in [-0.4, -0.2) is 41.8 Å². The fourth-order valence-corrected chi connectivity index (χ4v) is 0.995.